The van der Waals surface area contributed by atoms with E-state index in [0.717, 1.165) is 46.5 Å². The van der Waals surface area contributed by atoms with Gasteiger partial charge < -0.3 is 4.90 Å². The number of H-pyrrole nitrogens is 1. The molecule has 3 heterocycles. The van der Waals surface area contributed by atoms with Crippen molar-refractivity contribution < 1.29 is 9.18 Å². The molecule has 2 aromatic heterocycles. The van der Waals surface area contributed by atoms with Crippen molar-refractivity contribution >= 4 is 11.6 Å². The first-order chi connectivity index (χ1) is 19.5. The number of halogens is 1. The third-order valence-corrected chi connectivity index (χ3v) is 8.00. The van der Waals surface area contributed by atoms with E-state index in [-0.39, 0.29) is 29.1 Å². The molecule has 0 bridgehead atoms. The lowest BCUT2D eigenvalue weighted by Crippen LogP contribution is -2.39. The zero-order chi connectivity index (χ0) is 27.6. The van der Waals surface area contributed by atoms with Crippen LogP contribution in [0.2, 0.25) is 0 Å². The lowest BCUT2D eigenvalue weighted by Gasteiger charge is -2.33. The van der Waals surface area contributed by atoms with Gasteiger partial charge in [-0.25, -0.2) is 13.9 Å². The minimum Gasteiger partial charge on any atom is -0.343 e. The number of amides is 1. The Morgan fingerprint density at radius 2 is 1.55 bits per heavy atom. The van der Waals surface area contributed by atoms with Gasteiger partial charge in [-0.15, -0.1) is 0 Å². The molecule has 1 aliphatic heterocycles. The van der Waals surface area contributed by atoms with Crippen molar-refractivity contribution in [1.29, 1.82) is 0 Å². The molecule has 1 saturated heterocycles. The maximum Gasteiger partial charge on any atom is 0.272 e. The predicted molar refractivity (Wildman–Crippen MR) is 154 cm³/mol. The number of fused-ring (bicyclic) bond motifs is 1. The smallest absolute Gasteiger partial charge is 0.272 e. The van der Waals surface area contributed by atoms with Crippen LogP contribution in [0.3, 0.4) is 0 Å². The van der Waals surface area contributed by atoms with Gasteiger partial charge in [0.25, 0.3) is 5.56 Å². The normalized spacial score (nSPS) is 14.2. The second kappa shape index (κ2) is 10.9. The van der Waals surface area contributed by atoms with Gasteiger partial charge in [0.2, 0.25) is 5.91 Å². The standard InChI is InChI=1S/C33H31FN4O2/c1-22-32(26-12-14-27(34)15-13-26)33-35-29(21-31(40)38(33)36-22)25-16-18-37(19-17-25)30(39)20-28(23-8-4-2-5-9-23)24-10-6-3-7-11-24/h2-15,21,25,28,36H,16-20H2,1H3. The summed E-state index contributed by atoms with van der Waals surface area (Å²) in [5.74, 6) is -0.0951. The van der Waals surface area contributed by atoms with Gasteiger partial charge in [-0.2, -0.15) is 0 Å². The number of carbonyl (C=O) groups excluding carboxylic acids is 1. The SMILES string of the molecule is Cc1[nH]n2c(=O)cc(C3CCN(C(=O)CC(c4ccccc4)c4ccccc4)CC3)nc2c1-c1ccc(F)cc1. The van der Waals surface area contributed by atoms with E-state index in [1.807, 2.05) is 48.2 Å². The summed E-state index contributed by atoms with van der Waals surface area (Å²) in [5, 5.41) is 3.10. The molecule has 3 aromatic carbocycles. The highest BCUT2D eigenvalue weighted by Gasteiger charge is 2.28. The largest absolute Gasteiger partial charge is 0.343 e. The summed E-state index contributed by atoms with van der Waals surface area (Å²) >= 11 is 0. The van der Waals surface area contributed by atoms with Crippen LogP contribution in [0.1, 0.15) is 53.6 Å². The second-order valence-electron chi connectivity index (χ2n) is 10.5. The molecule has 7 heteroatoms. The summed E-state index contributed by atoms with van der Waals surface area (Å²) in [4.78, 5) is 33.4. The van der Waals surface area contributed by atoms with Crippen molar-refractivity contribution in [2.24, 2.45) is 0 Å². The molecular formula is C33H31FN4O2. The maximum absolute atomic E-state index is 13.5. The van der Waals surface area contributed by atoms with Gasteiger partial charge in [0.1, 0.15) is 5.82 Å². The van der Waals surface area contributed by atoms with Crippen LogP contribution in [0.4, 0.5) is 4.39 Å². The van der Waals surface area contributed by atoms with E-state index >= 15 is 0 Å². The van der Waals surface area contributed by atoms with Gasteiger partial charge in [0, 0.05) is 48.7 Å². The van der Waals surface area contributed by atoms with Crippen molar-refractivity contribution in [3.05, 3.63) is 130 Å². The van der Waals surface area contributed by atoms with Crippen molar-refractivity contribution in [2.45, 2.75) is 38.0 Å². The minimum atomic E-state index is -0.313. The van der Waals surface area contributed by atoms with Crippen molar-refractivity contribution in [3.8, 4) is 11.1 Å². The summed E-state index contributed by atoms with van der Waals surface area (Å²) in [6, 6.07) is 28.2. The molecule has 0 unspecified atom stereocenters. The molecule has 202 valence electrons. The third-order valence-electron chi connectivity index (χ3n) is 8.00. The van der Waals surface area contributed by atoms with Crippen LogP contribution in [0.25, 0.3) is 16.8 Å². The average molecular weight is 535 g/mol. The number of nitrogens with one attached hydrogen (secondary N) is 1. The molecule has 0 aliphatic carbocycles. The molecule has 0 spiro atoms. The molecule has 40 heavy (non-hydrogen) atoms. The zero-order valence-corrected chi connectivity index (χ0v) is 22.4. The van der Waals surface area contributed by atoms with Crippen LogP contribution in [-0.2, 0) is 4.79 Å². The number of benzene rings is 3. The van der Waals surface area contributed by atoms with E-state index < -0.39 is 0 Å². The quantitative estimate of drug-likeness (QED) is 0.288. The van der Waals surface area contributed by atoms with E-state index in [1.54, 1.807) is 18.2 Å². The van der Waals surface area contributed by atoms with Crippen LogP contribution < -0.4 is 5.56 Å². The fourth-order valence-electron chi connectivity index (χ4n) is 5.87. The molecule has 0 saturated carbocycles. The topological polar surface area (TPSA) is 70.5 Å². The molecule has 6 rings (SSSR count). The zero-order valence-electron chi connectivity index (χ0n) is 22.4. The highest BCUT2D eigenvalue weighted by Crippen LogP contribution is 2.32. The number of nitrogens with zero attached hydrogens (tertiary/aromatic N) is 3. The number of aromatic amines is 1. The van der Waals surface area contributed by atoms with Crippen LogP contribution in [0.5, 0.6) is 0 Å². The van der Waals surface area contributed by atoms with E-state index in [2.05, 4.69) is 29.4 Å². The first-order valence-corrected chi connectivity index (χ1v) is 13.7. The molecule has 0 radical (unpaired) electrons. The maximum atomic E-state index is 13.5. The summed E-state index contributed by atoms with van der Waals surface area (Å²) in [5.41, 5.74) is 5.75. The van der Waals surface area contributed by atoms with E-state index in [9.17, 15) is 14.0 Å². The molecule has 0 atom stereocenters. The number of aromatic nitrogens is 3. The Morgan fingerprint density at radius 3 is 2.15 bits per heavy atom. The Labute approximate surface area is 232 Å². The third kappa shape index (κ3) is 5.07. The van der Waals surface area contributed by atoms with Gasteiger partial charge in [0.15, 0.2) is 5.65 Å². The highest BCUT2D eigenvalue weighted by atomic mass is 19.1. The van der Waals surface area contributed by atoms with Gasteiger partial charge in [-0.05, 0) is 48.6 Å². The van der Waals surface area contributed by atoms with Crippen molar-refractivity contribution in [2.75, 3.05) is 13.1 Å². The molecule has 6 nitrogen and oxygen atoms in total. The van der Waals surface area contributed by atoms with Gasteiger partial charge in [-0.3, -0.25) is 14.7 Å². The van der Waals surface area contributed by atoms with E-state index in [0.29, 0.717) is 25.2 Å². The minimum absolute atomic E-state index is 0.00143. The number of carbonyl (C=O) groups is 1. The molecule has 1 fully saturated rings. The van der Waals surface area contributed by atoms with E-state index in [4.69, 9.17) is 4.98 Å². The lowest BCUT2D eigenvalue weighted by molar-refractivity contribution is -0.132. The summed E-state index contributed by atoms with van der Waals surface area (Å²) in [6.07, 6.45) is 1.89. The molecule has 1 N–H and O–H groups in total. The van der Waals surface area contributed by atoms with Crippen LogP contribution in [0, 0.1) is 12.7 Å². The summed E-state index contributed by atoms with van der Waals surface area (Å²) in [7, 11) is 0. The Bertz CT molecular complexity index is 1650. The first kappa shape index (κ1) is 25.7. The Balaban J connectivity index is 1.20. The lowest BCUT2D eigenvalue weighted by atomic mass is 9.87. The van der Waals surface area contributed by atoms with Crippen LogP contribution in [-0.4, -0.2) is 38.5 Å². The number of rotatable bonds is 6. The number of hydrogen-bond donors (Lipinski definition) is 1. The van der Waals surface area contributed by atoms with Gasteiger partial charge in [0.05, 0.1) is 5.69 Å². The predicted octanol–water partition coefficient (Wildman–Crippen LogP) is 6.07. The molecule has 1 amide bonds. The molecule has 5 aromatic rings. The number of hydrogen-bond acceptors (Lipinski definition) is 3. The summed E-state index contributed by atoms with van der Waals surface area (Å²) in [6.45, 7) is 3.13. The second-order valence-corrected chi connectivity index (χ2v) is 10.5. The first-order valence-electron chi connectivity index (χ1n) is 13.7. The fourth-order valence-corrected chi connectivity index (χ4v) is 5.87. The van der Waals surface area contributed by atoms with Crippen LogP contribution >= 0.6 is 0 Å². The fraction of sp³-hybridized carbons (Fsp3) is 0.242. The molecule has 1 aliphatic rings. The Hall–Kier alpha value is -4.52. The Morgan fingerprint density at radius 1 is 0.950 bits per heavy atom. The number of piperidine rings is 1. The van der Waals surface area contributed by atoms with Crippen molar-refractivity contribution in [1.82, 2.24) is 19.5 Å². The van der Waals surface area contributed by atoms with E-state index in [1.165, 1.54) is 16.6 Å². The monoisotopic (exact) mass is 534 g/mol. The van der Waals surface area contributed by atoms with Crippen LogP contribution in [0.15, 0.2) is 95.8 Å². The van der Waals surface area contributed by atoms with Gasteiger partial charge in [-0.1, -0.05) is 72.8 Å². The number of likely N-dealkylation sites (tertiary alicyclic amines) is 1. The Kier molecular flexibility index (Phi) is 7.03. The summed E-state index contributed by atoms with van der Waals surface area (Å²) < 4.78 is 15.0. The molecular weight excluding hydrogens is 503 g/mol. The number of aryl methyl sites for hydroxylation is 1. The van der Waals surface area contributed by atoms with Crippen molar-refractivity contribution in [3.63, 3.8) is 0 Å². The highest BCUT2D eigenvalue weighted by molar-refractivity contribution is 5.80. The van der Waals surface area contributed by atoms with Gasteiger partial charge >= 0.3 is 0 Å². The average Bonchev–Trinajstić information content (AvgIpc) is 3.33.